The second kappa shape index (κ2) is 8.14. The van der Waals surface area contributed by atoms with E-state index in [4.69, 9.17) is 14.2 Å². The van der Waals surface area contributed by atoms with Gasteiger partial charge in [-0.15, -0.1) is 5.10 Å². The molecule has 1 saturated heterocycles. The zero-order valence-electron chi connectivity index (χ0n) is 17.1. The number of carbonyl (C=O) groups is 1. The number of hydrogen-bond acceptors (Lipinski definition) is 7. The van der Waals surface area contributed by atoms with Crippen LogP contribution in [-0.4, -0.2) is 68.5 Å². The van der Waals surface area contributed by atoms with Crippen LogP contribution in [0, 0.1) is 0 Å². The van der Waals surface area contributed by atoms with Gasteiger partial charge in [-0.25, -0.2) is 0 Å². The van der Waals surface area contributed by atoms with Gasteiger partial charge in [0.15, 0.2) is 17.3 Å². The first-order valence-electron chi connectivity index (χ1n) is 9.82. The topological polar surface area (TPSA) is 77.0 Å². The molecule has 29 heavy (non-hydrogen) atoms. The molecule has 1 aromatic heterocycles. The van der Waals surface area contributed by atoms with Crippen LogP contribution in [0.5, 0.6) is 17.2 Å². The summed E-state index contributed by atoms with van der Waals surface area (Å²) in [5.74, 6) is 2.84. The van der Waals surface area contributed by atoms with Gasteiger partial charge in [-0.3, -0.25) is 4.79 Å². The van der Waals surface area contributed by atoms with E-state index in [1.807, 2.05) is 11.0 Å². The molecule has 1 aliphatic heterocycles. The molecule has 0 N–H and O–H groups in total. The molecule has 0 spiro atoms. The summed E-state index contributed by atoms with van der Waals surface area (Å²) in [5.41, 5.74) is 1.60. The largest absolute Gasteiger partial charge is 0.493 e. The summed E-state index contributed by atoms with van der Waals surface area (Å²) < 4.78 is 16.1. The number of carbonyl (C=O) groups excluding carboxylic acids is 1. The predicted molar refractivity (Wildman–Crippen MR) is 108 cm³/mol. The van der Waals surface area contributed by atoms with E-state index < -0.39 is 0 Å². The van der Waals surface area contributed by atoms with E-state index in [0.717, 1.165) is 11.5 Å². The summed E-state index contributed by atoms with van der Waals surface area (Å²) in [4.78, 5) is 17.0. The molecule has 8 nitrogen and oxygen atoms in total. The van der Waals surface area contributed by atoms with Crippen molar-refractivity contribution in [3.05, 3.63) is 35.5 Å². The number of methoxy groups -OCH3 is 3. The quantitative estimate of drug-likeness (QED) is 0.739. The maximum Gasteiger partial charge on any atom is 0.254 e. The van der Waals surface area contributed by atoms with Crippen molar-refractivity contribution in [3.63, 3.8) is 0 Å². The minimum Gasteiger partial charge on any atom is -0.493 e. The lowest BCUT2D eigenvalue weighted by molar-refractivity contribution is 0.0745. The second-order valence-corrected chi connectivity index (χ2v) is 7.28. The summed E-state index contributed by atoms with van der Waals surface area (Å²) >= 11 is 0. The average molecular weight is 398 g/mol. The maximum absolute atomic E-state index is 13.0. The molecule has 0 atom stereocenters. The van der Waals surface area contributed by atoms with Gasteiger partial charge in [0.05, 0.1) is 27.0 Å². The lowest BCUT2D eigenvalue weighted by Gasteiger charge is -2.35. The van der Waals surface area contributed by atoms with Crippen molar-refractivity contribution >= 4 is 11.7 Å². The van der Waals surface area contributed by atoms with Crippen LogP contribution in [0.3, 0.4) is 0 Å². The molecule has 8 heteroatoms. The van der Waals surface area contributed by atoms with E-state index in [-0.39, 0.29) is 5.91 Å². The molecule has 0 bridgehead atoms. The van der Waals surface area contributed by atoms with Gasteiger partial charge in [0.2, 0.25) is 5.75 Å². The van der Waals surface area contributed by atoms with Gasteiger partial charge in [-0.05, 0) is 37.1 Å². The van der Waals surface area contributed by atoms with E-state index >= 15 is 0 Å². The maximum atomic E-state index is 13.0. The predicted octanol–water partition coefficient (Wildman–Crippen LogP) is 2.34. The van der Waals surface area contributed by atoms with Crippen LogP contribution < -0.4 is 19.1 Å². The van der Waals surface area contributed by atoms with Crippen molar-refractivity contribution in [2.75, 3.05) is 52.4 Å². The lowest BCUT2D eigenvalue weighted by Crippen LogP contribution is -2.49. The molecule has 154 valence electrons. The van der Waals surface area contributed by atoms with Gasteiger partial charge in [-0.2, -0.15) is 5.10 Å². The molecule has 1 aliphatic carbocycles. The number of nitrogens with zero attached hydrogens (tertiary/aromatic N) is 4. The Labute approximate surface area is 170 Å². The summed E-state index contributed by atoms with van der Waals surface area (Å²) in [7, 11) is 4.63. The number of anilines is 1. The fourth-order valence-electron chi connectivity index (χ4n) is 3.63. The highest BCUT2D eigenvalue weighted by molar-refractivity contribution is 5.95. The number of piperazine rings is 1. The smallest absolute Gasteiger partial charge is 0.254 e. The molecular formula is C21H26N4O4. The molecule has 2 heterocycles. The van der Waals surface area contributed by atoms with Crippen molar-refractivity contribution in [2.24, 2.45) is 0 Å². The Kier molecular flexibility index (Phi) is 5.42. The van der Waals surface area contributed by atoms with E-state index in [9.17, 15) is 4.79 Å². The molecule has 1 amide bonds. The van der Waals surface area contributed by atoms with Crippen LogP contribution >= 0.6 is 0 Å². The number of hydrogen-bond donors (Lipinski definition) is 0. The minimum absolute atomic E-state index is 0.0564. The van der Waals surface area contributed by atoms with Crippen LogP contribution in [0.15, 0.2) is 24.3 Å². The Morgan fingerprint density at radius 2 is 1.59 bits per heavy atom. The minimum atomic E-state index is -0.0564. The van der Waals surface area contributed by atoms with Crippen LogP contribution in [0.4, 0.5) is 5.82 Å². The normalized spacial score (nSPS) is 16.5. The highest BCUT2D eigenvalue weighted by atomic mass is 16.5. The van der Waals surface area contributed by atoms with Gasteiger partial charge >= 0.3 is 0 Å². The number of amides is 1. The summed E-state index contributed by atoms with van der Waals surface area (Å²) in [6.45, 7) is 2.66. The first-order chi connectivity index (χ1) is 14.1. The second-order valence-electron chi connectivity index (χ2n) is 7.28. The summed E-state index contributed by atoms with van der Waals surface area (Å²) in [6, 6.07) is 7.50. The molecule has 2 aliphatic rings. The standard InChI is InChI=1S/C21H26N4O4/c1-27-17-12-15(13-18(28-2)20(17)29-3)21(26)25-10-8-24(9-11-25)19-7-6-16(22-23-19)14-4-5-14/h6-7,12-14H,4-5,8-11H2,1-3H3. The molecular weight excluding hydrogens is 372 g/mol. The Bertz CT molecular complexity index is 850. The third kappa shape index (κ3) is 3.92. The monoisotopic (exact) mass is 398 g/mol. The van der Waals surface area contributed by atoms with Crippen molar-refractivity contribution in [3.8, 4) is 17.2 Å². The Morgan fingerprint density at radius 3 is 2.07 bits per heavy atom. The van der Waals surface area contributed by atoms with Crippen molar-refractivity contribution in [2.45, 2.75) is 18.8 Å². The Morgan fingerprint density at radius 1 is 0.931 bits per heavy atom. The molecule has 0 radical (unpaired) electrons. The van der Waals surface area contributed by atoms with Crippen molar-refractivity contribution < 1.29 is 19.0 Å². The van der Waals surface area contributed by atoms with E-state index in [2.05, 4.69) is 21.2 Å². The van der Waals surface area contributed by atoms with Crippen LogP contribution in [-0.2, 0) is 0 Å². The zero-order valence-corrected chi connectivity index (χ0v) is 17.1. The van der Waals surface area contributed by atoms with E-state index in [1.54, 1.807) is 33.5 Å². The summed E-state index contributed by atoms with van der Waals surface area (Å²) in [6.07, 6.45) is 2.44. The molecule has 2 aromatic rings. The third-order valence-electron chi connectivity index (χ3n) is 5.47. The molecule has 0 unspecified atom stereocenters. The van der Waals surface area contributed by atoms with Gasteiger partial charge in [-0.1, -0.05) is 0 Å². The number of rotatable bonds is 6. The molecule has 2 fully saturated rings. The molecule has 4 rings (SSSR count). The van der Waals surface area contributed by atoms with Gasteiger partial charge in [0.25, 0.3) is 5.91 Å². The van der Waals surface area contributed by atoms with Gasteiger partial charge in [0, 0.05) is 37.7 Å². The third-order valence-corrected chi connectivity index (χ3v) is 5.47. The molecule has 1 aromatic carbocycles. The van der Waals surface area contributed by atoms with Gasteiger partial charge < -0.3 is 24.0 Å². The summed E-state index contributed by atoms with van der Waals surface area (Å²) in [5, 5.41) is 8.74. The van der Waals surface area contributed by atoms with Crippen LogP contribution in [0.2, 0.25) is 0 Å². The highest BCUT2D eigenvalue weighted by Gasteiger charge is 2.27. The van der Waals surface area contributed by atoms with Crippen LogP contribution in [0.1, 0.15) is 34.8 Å². The van der Waals surface area contributed by atoms with E-state index in [1.165, 1.54) is 12.8 Å². The number of benzene rings is 1. The van der Waals surface area contributed by atoms with Crippen molar-refractivity contribution in [1.29, 1.82) is 0 Å². The number of ether oxygens (including phenoxy) is 3. The van der Waals surface area contributed by atoms with Crippen molar-refractivity contribution in [1.82, 2.24) is 15.1 Å². The Hall–Kier alpha value is -3.03. The fourth-order valence-corrected chi connectivity index (χ4v) is 3.63. The average Bonchev–Trinajstić information content (AvgIpc) is 3.63. The SMILES string of the molecule is COc1cc(C(=O)N2CCN(c3ccc(C4CC4)nn3)CC2)cc(OC)c1OC. The Balaban J connectivity index is 1.43. The first-order valence-corrected chi connectivity index (χ1v) is 9.82. The van der Waals surface area contributed by atoms with Crippen LogP contribution in [0.25, 0.3) is 0 Å². The number of aromatic nitrogens is 2. The highest BCUT2D eigenvalue weighted by Crippen LogP contribution is 2.39. The fraction of sp³-hybridized carbons (Fsp3) is 0.476. The molecule has 1 saturated carbocycles. The van der Waals surface area contributed by atoms with E-state index in [0.29, 0.717) is 54.9 Å². The lowest BCUT2D eigenvalue weighted by atomic mass is 10.1. The first kappa shape index (κ1) is 19.3. The van der Waals surface area contributed by atoms with Gasteiger partial charge in [0.1, 0.15) is 0 Å². The zero-order chi connectivity index (χ0) is 20.4.